The van der Waals surface area contributed by atoms with E-state index in [9.17, 15) is 4.79 Å². The van der Waals surface area contributed by atoms with Gasteiger partial charge in [0.25, 0.3) is 0 Å². The van der Waals surface area contributed by atoms with Crippen molar-refractivity contribution < 1.29 is 14.3 Å². The molecule has 2 aromatic carbocycles. The van der Waals surface area contributed by atoms with Crippen LogP contribution in [0.25, 0.3) is 0 Å². The lowest BCUT2D eigenvalue weighted by molar-refractivity contribution is -0.123. The zero-order chi connectivity index (χ0) is 17.3. The second-order valence-corrected chi connectivity index (χ2v) is 6.36. The number of hydrogen-bond acceptors (Lipinski definition) is 3. The Kier molecular flexibility index (Phi) is 6.60. The Balaban J connectivity index is 1.47. The fraction of sp³-hybridized carbons (Fsp3) is 0.381. The molecular weight excluding hydrogens is 314 g/mol. The van der Waals surface area contributed by atoms with Crippen molar-refractivity contribution in [3.05, 3.63) is 71.3 Å². The van der Waals surface area contributed by atoms with Gasteiger partial charge in [-0.3, -0.25) is 4.79 Å². The average molecular weight is 339 g/mol. The smallest absolute Gasteiger partial charge is 0.222 e. The topological polar surface area (TPSA) is 47.6 Å². The van der Waals surface area contributed by atoms with Gasteiger partial charge in [-0.25, -0.2) is 0 Å². The minimum absolute atomic E-state index is 0.0481. The summed E-state index contributed by atoms with van der Waals surface area (Å²) in [6, 6.07) is 18.2. The molecular formula is C21H25NO3. The van der Waals surface area contributed by atoms with Crippen molar-refractivity contribution >= 4 is 5.91 Å². The highest BCUT2D eigenvalue weighted by molar-refractivity contribution is 5.76. The average Bonchev–Trinajstić information content (AvgIpc) is 3.15. The molecule has 1 atom stereocenters. The first kappa shape index (κ1) is 17.6. The number of ether oxygens (including phenoxy) is 2. The minimum atomic E-state index is 0.0481. The molecule has 4 heteroatoms. The van der Waals surface area contributed by atoms with Crippen molar-refractivity contribution in [2.75, 3.05) is 6.61 Å². The predicted molar refractivity (Wildman–Crippen MR) is 96.8 cm³/mol. The first-order chi connectivity index (χ1) is 12.3. The molecule has 0 aromatic heterocycles. The SMILES string of the molecule is O=C(C[C@@H]1CCCO1)NCc1ccccc1COCc1ccccc1. The third-order valence-corrected chi connectivity index (χ3v) is 4.40. The van der Waals surface area contributed by atoms with Crippen molar-refractivity contribution in [3.63, 3.8) is 0 Å². The molecule has 0 saturated carbocycles. The molecule has 1 fully saturated rings. The third-order valence-electron chi connectivity index (χ3n) is 4.40. The van der Waals surface area contributed by atoms with Crippen LogP contribution in [-0.2, 0) is 34.0 Å². The van der Waals surface area contributed by atoms with E-state index in [1.54, 1.807) is 0 Å². The molecule has 0 radical (unpaired) electrons. The quantitative estimate of drug-likeness (QED) is 0.799. The Bertz CT molecular complexity index is 666. The normalized spacial score (nSPS) is 16.7. The lowest BCUT2D eigenvalue weighted by Crippen LogP contribution is -2.27. The van der Waals surface area contributed by atoms with E-state index in [2.05, 4.69) is 17.4 Å². The summed E-state index contributed by atoms with van der Waals surface area (Å²) in [6.45, 7) is 2.42. The van der Waals surface area contributed by atoms with Crippen LogP contribution >= 0.6 is 0 Å². The van der Waals surface area contributed by atoms with Crippen LogP contribution < -0.4 is 5.32 Å². The molecule has 1 aliphatic heterocycles. The Morgan fingerprint density at radius 3 is 2.56 bits per heavy atom. The molecule has 25 heavy (non-hydrogen) atoms. The van der Waals surface area contributed by atoms with Crippen molar-refractivity contribution in [1.29, 1.82) is 0 Å². The van der Waals surface area contributed by atoms with Crippen LogP contribution in [0.5, 0.6) is 0 Å². The van der Waals surface area contributed by atoms with Gasteiger partial charge in [-0.1, -0.05) is 54.6 Å². The van der Waals surface area contributed by atoms with E-state index in [1.807, 2.05) is 42.5 Å². The molecule has 4 nitrogen and oxygen atoms in total. The van der Waals surface area contributed by atoms with Crippen molar-refractivity contribution in [2.45, 2.75) is 45.1 Å². The molecule has 1 aliphatic rings. The summed E-state index contributed by atoms with van der Waals surface area (Å²) in [5, 5.41) is 3.00. The Morgan fingerprint density at radius 2 is 1.80 bits per heavy atom. The highest BCUT2D eigenvalue weighted by Crippen LogP contribution is 2.16. The van der Waals surface area contributed by atoms with E-state index >= 15 is 0 Å². The molecule has 1 saturated heterocycles. The highest BCUT2D eigenvalue weighted by atomic mass is 16.5. The van der Waals surface area contributed by atoms with Gasteiger partial charge >= 0.3 is 0 Å². The van der Waals surface area contributed by atoms with Crippen molar-refractivity contribution in [1.82, 2.24) is 5.32 Å². The van der Waals surface area contributed by atoms with Crippen LogP contribution in [0.2, 0.25) is 0 Å². The van der Waals surface area contributed by atoms with E-state index in [0.717, 1.165) is 36.1 Å². The summed E-state index contributed by atoms with van der Waals surface area (Å²) in [7, 11) is 0. The fourth-order valence-corrected chi connectivity index (χ4v) is 3.00. The number of nitrogens with one attached hydrogen (secondary N) is 1. The standard InChI is InChI=1S/C21H25NO3/c23-21(13-20-11-6-12-25-20)22-14-18-9-4-5-10-19(18)16-24-15-17-7-2-1-3-8-17/h1-5,7-10,20H,6,11-16H2,(H,22,23)/t20-/m0/s1. The van der Waals surface area contributed by atoms with Gasteiger partial charge in [-0.05, 0) is 29.5 Å². The summed E-state index contributed by atoms with van der Waals surface area (Å²) in [6.07, 6.45) is 2.58. The van der Waals surface area contributed by atoms with Crippen LogP contribution in [0.15, 0.2) is 54.6 Å². The van der Waals surface area contributed by atoms with Crippen LogP contribution in [0, 0.1) is 0 Å². The maximum absolute atomic E-state index is 12.1. The number of rotatable bonds is 8. The van der Waals surface area contributed by atoms with Gasteiger partial charge in [0.2, 0.25) is 5.91 Å². The van der Waals surface area contributed by atoms with Crippen molar-refractivity contribution in [3.8, 4) is 0 Å². The summed E-state index contributed by atoms with van der Waals surface area (Å²) in [5.74, 6) is 0.0481. The largest absolute Gasteiger partial charge is 0.378 e. The van der Waals surface area contributed by atoms with Crippen LogP contribution in [-0.4, -0.2) is 18.6 Å². The predicted octanol–water partition coefficient (Wildman–Crippen LogP) is 3.59. The molecule has 0 bridgehead atoms. The molecule has 0 spiro atoms. The van der Waals surface area contributed by atoms with E-state index < -0.39 is 0 Å². The Hall–Kier alpha value is -2.17. The fourth-order valence-electron chi connectivity index (χ4n) is 3.00. The van der Waals surface area contributed by atoms with Crippen LogP contribution in [0.4, 0.5) is 0 Å². The maximum atomic E-state index is 12.1. The zero-order valence-corrected chi connectivity index (χ0v) is 14.4. The number of hydrogen-bond donors (Lipinski definition) is 1. The monoisotopic (exact) mass is 339 g/mol. The first-order valence-electron chi connectivity index (χ1n) is 8.88. The molecule has 3 rings (SSSR count). The van der Waals surface area contributed by atoms with E-state index in [1.165, 1.54) is 0 Å². The van der Waals surface area contributed by atoms with Crippen LogP contribution in [0.3, 0.4) is 0 Å². The molecule has 1 N–H and O–H groups in total. The summed E-state index contributed by atoms with van der Waals surface area (Å²) < 4.78 is 11.3. The molecule has 0 aliphatic carbocycles. The Labute approximate surface area is 149 Å². The lowest BCUT2D eigenvalue weighted by Gasteiger charge is -2.13. The summed E-state index contributed by atoms with van der Waals surface area (Å²) in [4.78, 5) is 12.1. The lowest BCUT2D eigenvalue weighted by atomic mass is 10.1. The van der Waals surface area contributed by atoms with Gasteiger partial charge in [0, 0.05) is 13.2 Å². The second kappa shape index (κ2) is 9.35. The van der Waals surface area contributed by atoms with E-state index in [4.69, 9.17) is 9.47 Å². The third kappa shape index (κ3) is 5.69. The van der Waals surface area contributed by atoms with Gasteiger partial charge in [-0.2, -0.15) is 0 Å². The summed E-state index contributed by atoms with van der Waals surface area (Å²) >= 11 is 0. The van der Waals surface area contributed by atoms with Gasteiger partial charge < -0.3 is 14.8 Å². The number of carbonyl (C=O) groups excluding carboxylic acids is 1. The number of benzene rings is 2. The Morgan fingerprint density at radius 1 is 1.04 bits per heavy atom. The maximum Gasteiger partial charge on any atom is 0.222 e. The molecule has 1 heterocycles. The molecule has 132 valence electrons. The highest BCUT2D eigenvalue weighted by Gasteiger charge is 2.18. The van der Waals surface area contributed by atoms with Crippen molar-refractivity contribution in [2.24, 2.45) is 0 Å². The van der Waals surface area contributed by atoms with Gasteiger partial charge in [0.15, 0.2) is 0 Å². The van der Waals surface area contributed by atoms with E-state index in [0.29, 0.717) is 26.2 Å². The molecule has 0 unspecified atom stereocenters. The van der Waals surface area contributed by atoms with Crippen LogP contribution in [0.1, 0.15) is 36.0 Å². The van der Waals surface area contributed by atoms with Gasteiger partial charge in [-0.15, -0.1) is 0 Å². The molecule has 1 amide bonds. The van der Waals surface area contributed by atoms with E-state index in [-0.39, 0.29) is 12.0 Å². The summed E-state index contributed by atoms with van der Waals surface area (Å²) in [5.41, 5.74) is 3.36. The minimum Gasteiger partial charge on any atom is -0.378 e. The van der Waals surface area contributed by atoms with Gasteiger partial charge in [0.1, 0.15) is 0 Å². The first-order valence-corrected chi connectivity index (χ1v) is 8.88. The zero-order valence-electron chi connectivity index (χ0n) is 14.4. The molecule has 2 aromatic rings. The second-order valence-electron chi connectivity index (χ2n) is 6.36. The number of amides is 1. The van der Waals surface area contributed by atoms with Gasteiger partial charge in [0.05, 0.1) is 25.7 Å². The number of carbonyl (C=O) groups is 1.